The van der Waals surface area contributed by atoms with Gasteiger partial charge in [0.05, 0.1) is 6.61 Å². The molecule has 1 aliphatic rings. The Bertz CT molecular complexity index is 217. The molecule has 0 aliphatic carbocycles. The zero-order chi connectivity index (χ0) is 12.0. The Kier molecular flexibility index (Phi) is 5.73. The van der Waals surface area contributed by atoms with Crippen molar-refractivity contribution in [3.63, 3.8) is 0 Å². The molecule has 0 bridgehead atoms. The summed E-state index contributed by atoms with van der Waals surface area (Å²) < 4.78 is 10.2. The first-order valence-electron chi connectivity index (χ1n) is 5.72. The van der Waals surface area contributed by atoms with Gasteiger partial charge >= 0.3 is 0 Å². The fourth-order valence-electron chi connectivity index (χ4n) is 1.94. The normalized spacial score (nSPS) is 19.4. The fourth-order valence-corrected chi connectivity index (χ4v) is 1.94. The smallest absolute Gasteiger partial charge is 0.241 e. The minimum Gasteiger partial charge on any atom is -0.383 e. The number of carbonyl (C=O) groups is 1. The van der Waals surface area contributed by atoms with E-state index in [0.717, 1.165) is 32.6 Å². The molecule has 1 amide bonds. The van der Waals surface area contributed by atoms with Crippen LogP contribution < -0.4 is 5.73 Å². The molecule has 94 valence electrons. The van der Waals surface area contributed by atoms with Crippen LogP contribution in [0.15, 0.2) is 0 Å². The zero-order valence-electron chi connectivity index (χ0n) is 10.1. The van der Waals surface area contributed by atoms with Crippen molar-refractivity contribution >= 4 is 5.91 Å². The van der Waals surface area contributed by atoms with Crippen molar-refractivity contribution < 1.29 is 14.3 Å². The Morgan fingerprint density at radius 3 is 2.75 bits per heavy atom. The second-order valence-corrected chi connectivity index (χ2v) is 4.34. The number of nitrogens with two attached hydrogens (primary N) is 1. The van der Waals surface area contributed by atoms with Crippen LogP contribution in [0.3, 0.4) is 0 Å². The highest BCUT2D eigenvalue weighted by atomic mass is 16.5. The second-order valence-electron chi connectivity index (χ2n) is 4.34. The molecule has 2 N–H and O–H groups in total. The van der Waals surface area contributed by atoms with E-state index in [2.05, 4.69) is 0 Å². The lowest BCUT2D eigenvalue weighted by Gasteiger charge is -2.28. The van der Waals surface area contributed by atoms with Gasteiger partial charge in [-0.3, -0.25) is 4.79 Å². The van der Waals surface area contributed by atoms with Crippen molar-refractivity contribution in [3.8, 4) is 0 Å². The zero-order valence-corrected chi connectivity index (χ0v) is 10.1. The van der Waals surface area contributed by atoms with Crippen molar-refractivity contribution in [2.75, 3.05) is 40.5 Å². The summed E-state index contributed by atoms with van der Waals surface area (Å²) in [6.07, 6.45) is 2.05. The van der Waals surface area contributed by atoms with E-state index >= 15 is 0 Å². The predicted molar refractivity (Wildman–Crippen MR) is 61.0 cm³/mol. The van der Waals surface area contributed by atoms with Gasteiger partial charge in [0.15, 0.2) is 0 Å². The van der Waals surface area contributed by atoms with Crippen LogP contribution in [0.25, 0.3) is 0 Å². The van der Waals surface area contributed by atoms with Gasteiger partial charge in [-0.15, -0.1) is 0 Å². The van der Waals surface area contributed by atoms with Crippen LogP contribution in [0.5, 0.6) is 0 Å². The van der Waals surface area contributed by atoms with Crippen LogP contribution in [0.2, 0.25) is 0 Å². The maximum atomic E-state index is 11.8. The Morgan fingerprint density at radius 1 is 1.56 bits per heavy atom. The number of ether oxygens (including phenoxy) is 2. The maximum Gasteiger partial charge on any atom is 0.241 e. The number of hydrogen-bond acceptors (Lipinski definition) is 4. The van der Waals surface area contributed by atoms with Crippen molar-refractivity contribution in [2.45, 2.75) is 18.9 Å². The molecule has 0 aromatic carbocycles. The average molecular weight is 230 g/mol. The lowest BCUT2D eigenvalue weighted by Crippen LogP contribution is -2.46. The van der Waals surface area contributed by atoms with E-state index in [4.69, 9.17) is 15.2 Å². The van der Waals surface area contributed by atoms with Gasteiger partial charge in [-0.1, -0.05) is 0 Å². The monoisotopic (exact) mass is 230 g/mol. The van der Waals surface area contributed by atoms with E-state index in [9.17, 15) is 4.79 Å². The number of methoxy groups -OCH3 is 1. The van der Waals surface area contributed by atoms with Crippen LogP contribution >= 0.6 is 0 Å². The topological polar surface area (TPSA) is 64.8 Å². The van der Waals surface area contributed by atoms with E-state index in [0.29, 0.717) is 5.92 Å². The summed E-state index contributed by atoms with van der Waals surface area (Å²) in [4.78, 5) is 13.5. The van der Waals surface area contributed by atoms with Gasteiger partial charge in [0, 0.05) is 33.9 Å². The van der Waals surface area contributed by atoms with E-state index in [1.54, 1.807) is 19.1 Å². The summed E-state index contributed by atoms with van der Waals surface area (Å²) in [6, 6.07) is -0.546. The molecule has 1 aliphatic heterocycles. The van der Waals surface area contributed by atoms with Gasteiger partial charge in [0.2, 0.25) is 5.91 Å². The number of carbonyl (C=O) groups excluding carboxylic acids is 1. The minimum absolute atomic E-state index is 0.0478. The first-order valence-corrected chi connectivity index (χ1v) is 5.72. The molecule has 1 rings (SSSR count). The highest BCUT2D eigenvalue weighted by Gasteiger charge is 2.22. The van der Waals surface area contributed by atoms with Crippen molar-refractivity contribution in [1.29, 1.82) is 0 Å². The quantitative estimate of drug-likeness (QED) is 0.713. The molecule has 1 atom stereocenters. The third-order valence-corrected chi connectivity index (χ3v) is 2.91. The number of nitrogens with zero attached hydrogens (tertiary/aromatic N) is 1. The number of amides is 1. The first kappa shape index (κ1) is 13.4. The molecular weight excluding hydrogens is 208 g/mol. The van der Waals surface area contributed by atoms with E-state index in [1.165, 1.54) is 0 Å². The van der Waals surface area contributed by atoms with E-state index in [-0.39, 0.29) is 12.5 Å². The first-order chi connectivity index (χ1) is 7.65. The Morgan fingerprint density at radius 2 is 2.19 bits per heavy atom. The minimum atomic E-state index is -0.546. The third kappa shape index (κ3) is 4.08. The molecule has 5 heteroatoms. The molecule has 1 heterocycles. The van der Waals surface area contributed by atoms with Crippen molar-refractivity contribution in [3.05, 3.63) is 0 Å². The second kappa shape index (κ2) is 6.83. The molecule has 0 radical (unpaired) electrons. The number of hydrogen-bond donors (Lipinski definition) is 1. The summed E-state index contributed by atoms with van der Waals surface area (Å²) in [5.74, 6) is 0.491. The molecule has 1 saturated heterocycles. The predicted octanol–water partition coefficient (Wildman–Crippen LogP) is -0.155. The van der Waals surface area contributed by atoms with Crippen molar-refractivity contribution in [2.24, 2.45) is 11.7 Å². The molecule has 1 unspecified atom stereocenters. The summed E-state index contributed by atoms with van der Waals surface area (Å²) in [5.41, 5.74) is 5.69. The summed E-state index contributed by atoms with van der Waals surface area (Å²) >= 11 is 0. The van der Waals surface area contributed by atoms with Gasteiger partial charge < -0.3 is 20.1 Å². The molecular formula is C11H22N2O3. The van der Waals surface area contributed by atoms with Crippen LogP contribution in [0, 0.1) is 5.92 Å². The summed E-state index contributed by atoms with van der Waals surface area (Å²) in [7, 11) is 3.35. The van der Waals surface area contributed by atoms with Crippen LogP contribution in [-0.4, -0.2) is 57.4 Å². The molecule has 1 fully saturated rings. The van der Waals surface area contributed by atoms with Gasteiger partial charge in [-0.05, 0) is 18.8 Å². The largest absolute Gasteiger partial charge is 0.383 e. The molecule has 0 saturated carbocycles. The highest BCUT2D eigenvalue weighted by Crippen LogP contribution is 2.15. The van der Waals surface area contributed by atoms with Crippen LogP contribution in [0.1, 0.15) is 12.8 Å². The lowest BCUT2D eigenvalue weighted by molar-refractivity contribution is -0.133. The summed E-state index contributed by atoms with van der Waals surface area (Å²) in [5, 5.41) is 0. The molecule has 16 heavy (non-hydrogen) atoms. The lowest BCUT2D eigenvalue weighted by atomic mass is 10.00. The van der Waals surface area contributed by atoms with E-state index in [1.807, 2.05) is 0 Å². The van der Waals surface area contributed by atoms with Crippen LogP contribution in [-0.2, 0) is 14.3 Å². The molecule has 0 aromatic heterocycles. The highest BCUT2D eigenvalue weighted by molar-refractivity contribution is 5.81. The Hall–Kier alpha value is -0.650. The van der Waals surface area contributed by atoms with Gasteiger partial charge in [-0.25, -0.2) is 0 Å². The fraction of sp³-hybridized carbons (Fsp3) is 0.909. The molecule has 5 nitrogen and oxygen atoms in total. The molecule has 0 aromatic rings. The Balaban J connectivity index is 2.32. The number of likely N-dealkylation sites (N-methyl/N-ethyl adjacent to an activating group) is 1. The SMILES string of the molecule is COCC(N)C(=O)N(C)CC1CCOCC1. The standard InChI is InChI=1S/C11H22N2O3/c1-13(11(14)10(12)8-15-2)7-9-3-5-16-6-4-9/h9-10H,3-8,12H2,1-2H3. The average Bonchev–Trinajstić information content (AvgIpc) is 2.29. The maximum absolute atomic E-state index is 11.8. The van der Waals surface area contributed by atoms with Gasteiger partial charge in [0.25, 0.3) is 0 Å². The Labute approximate surface area is 96.9 Å². The van der Waals surface area contributed by atoms with Crippen LogP contribution in [0.4, 0.5) is 0 Å². The van der Waals surface area contributed by atoms with Crippen molar-refractivity contribution in [1.82, 2.24) is 4.90 Å². The van der Waals surface area contributed by atoms with Gasteiger partial charge in [0.1, 0.15) is 6.04 Å². The summed E-state index contributed by atoms with van der Waals surface area (Å²) in [6.45, 7) is 2.64. The van der Waals surface area contributed by atoms with Gasteiger partial charge in [-0.2, -0.15) is 0 Å². The third-order valence-electron chi connectivity index (χ3n) is 2.91. The molecule has 0 spiro atoms. The van der Waals surface area contributed by atoms with E-state index < -0.39 is 6.04 Å². The number of rotatable bonds is 5.